The molecule has 1 fully saturated rings. The van der Waals surface area contributed by atoms with E-state index in [0.717, 1.165) is 18.9 Å². The highest BCUT2D eigenvalue weighted by Crippen LogP contribution is 2.48. The first-order chi connectivity index (χ1) is 7.18. The molecule has 0 aromatic heterocycles. The highest BCUT2D eigenvalue weighted by Gasteiger charge is 2.45. The molecule has 0 unspecified atom stereocenters. The number of carbonyl (C=O) groups excluding carboxylic acids is 1. The van der Waals surface area contributed by atoms with Crippen LogP contribution < -0.4 is 5.32 Å². The molecule has 0 aliphatic heterocycles. The van der Waals surface area contributed by atoms with Crippen LogP contribution in [0.25, 0.3) is 0 Å². The van der Waals surface area contributed by atoms with Gasteiger partial charge in [-0.2, -0.15) is 0 Å². The topological polar surface area (TPSA) is 29.1 Å². The molecule has 1 aliphatic rings. The van der Waals surface area contributed by atoms with Crippen LogP contribution in [-0.4, -0.2) is 13.0 Å². The maximum Gasteiger partial charge on any atom is 0.207 e. The normalized spacial score (nSPS) is 17.2. The second-order valence-electron chi connectivity index (χ2n) is 3.90. The fourth-order valence-corrected chi connectivity index (χ4v) is 1.85. The van der Waals surface area contributed by atoms with Crippen molar-refractivity contribution in [2.75, 3.05) is 6.54 Å². The quantitative estimate of drug-likeness (QED) is 0.755. The van der Waals surface area contributed by atoms with Gasteiger partial charge in [-0.1, -0.05) is 6.07 Å². The first kappa shape index (κ1) is 10.1. The molecule has 2 rings (SSSR count). The number of carbonyl (C=O) groups is 1. The van der Waals surface area contributed by atoms with Crippen molar-refractivity contribution >= 4 is 6.41 Å². The minimum atomic E-state index is -0.574. The van der Waals surface area contributed by atoms with Crippen LogP contribution >= 0.6 is 0 Å². The Morgan fingerprint density at radius 2 is 2.13 bits per heavy atom. The van der Waals surface area contributed by atoms with Crippen molar-refractivity contribution in [2.45, 2.75) is 18.3 Å². The summed E-state index contributed by atoms with van der Waals surface area (Å²) in [7, 11) is 0. The molecule has 1 aromatic rings. The molecule has 1 saturated carbocycles. The zero-order chi connectivity index (χ0) is 10.9. The average Bonchev–Trinajstić information content (AvgIpc) is 2.96. The minimum Gasteiger partial charge on any atom is -0.358 e. The molecule has 0 radical (unpaired) electrons. The van der Waals surface area contributed by atoms with Crippen molar-refractivity contribution in [3.05, 3.63) is 35.4 Å². The molecule has 2 nitrogen and oxygen atoms in total. The Balaban J connectivity index is 2.25. The van der Waals surface area contributed by atoms with Crippen molar-refractivity contribution in [3.63, 3.8) is 0 Å². The van der Waals surface area contributed by atoms with Crippen molar-refractivity contribution < 1.29 is 13.6 Å². The van der Waals surface area contributed by atoms with Crippen LogP contribution in [0.1, 0.15) is 18.4 Å². The first-order valence-electron chi connectivity index (χ1n) is 4.80. The summed E-state index contributed by atoms with van der Waals surface area (Å²) in [5.41, 5.74) is 0.192. The van der Waals surface area contributed by atoms with Gasteiger partial charge in [0.2, 0.25) is 6.41 Å². The summed E-state index contributed by atoms with van der Waals surface area (Å²) >= 11 is 0. The van der Waals surface area contributed by atoms with Crippen LogP contribution in [0.15, 0.2) is 18.2 Å². The van der Waals surface area contributed by atoms with Crippen molar-refractivity contribution in [1.29, 1.82) is 0 Å². The zero-order valence-electron chi connectivity index (χ0n) is 8.09. The summed E-state index contributed by atoms with van der Waals surface area (Å²) in [6, 6.07) is 3.60. The van der Waals surface area contributed by atoms with Crippen LogP contribution in [0.5, 0.6) is 0 Å². The predicted octanol–water partition coefficient (Wildman–Crippen LogP) is 1.74. The van der Waals surface area contributed by atoms with Gasteiger partial charge in [0.15, 0.2) is 0 Å². The lowest BCUT2D eigenvalue weighted by Crippen LogP contribution is -2.26. The molecule has 1 aliphatic carbocycles. The van der Waals surface area contributed by atoms with E-state index in [1.807, 2.05) is 0 Å². The molecule has 4 heteroatoms. The van der Waals surface area contributed by atoms with Crippen LogP contribution in [0.4, 0.5) is 8.78 Å². The maximum absolute atomic E-state index is 13.5. The van der Waals surface area contributed by atoms with Crippen LogP contribution in [0.2, 0.25) is 0 Å². The van der Waals surface area contributed by atoms with Gasteiger partial charge in [0.25, 0.3) is 0 Å². The van der Waals surface area contributed by atoms with E-state index in [0.29, 0.717) is 18.5 Å². The van der Waals surface area contributed by atoms with Crippen LogP contribution in [-0.2, 0) is 10.2 Å². The summed E-state index contributed by atoms with van der Waals surface area (Å²) in [6.45, 7) is 0.416. The Bertz CT molecular complexity index is 388. The third-order valence-electron chi connectivity index (χ3n) is 2.88. The van der Waals surface area contributed by atoms with Crippen molar-refractivity contribution in [3.8, 4) is 0 Å². The van der Waals surface area contributed by atoms with Gasteiger partial charge >= 0.3 is 0 Å². The molecule has 0 atom stereocenters. The molecule has 0 spiro atoms. The van der Waals surface area contributed by atoms with Gasteiger partial charge in [0.05, 0.1) is 0 Å². The van der Waals surface area contributed by atoms with E-state index >= 15 is 0 Å². The van der Waals surface area contributed by atoms with E-state index < -0.39 is 11.6 Å². The van der Waals surface area contributed by atoms with E-state index in [1.54, 1.807) is 0 Å². The lowest BCUT2D eigenvalue weighted by atomic mass is 9.95. The molecule has 0 heterocycles. The van der Waals surface area contributed by atoms with E-state index in [4.69, 9.17) is 0 Å². The zero-order valence-corrected chi connectivity index (χ0v) is 8.09. The van der Waals surface area contributed by atoms with Crippen molar-refractivity contribution in [2.24, 2.45) is 0 Å². The third kappa shape index (κ3) is 1.84. The molecular weight excluding hydrogens is 200 g/mol. The van der Waals surface area contributed by atoms with E-state index in [9.17, 15) is 13.6 Å². The summed E-state index contributed by atoms with van der Waals surface area (Å²) in [4.78, 5) is 10.2. The van der Waals surface area contributed by atoms with Gasteiger partial charge in [-0.05, 0) is 24.5 Å². The van der Waals surface area contributed by atoms with Gasteiger partial charge in [-0.25, -0.2) is 8.78 Å². The second-order valence-corrected chi connectivity index (χ2v) is 3.90. The van der Waals surface area contributed by atoms with Gasteiger partial charge in [0, 0.05) is 18.0 Å². The Morgan fingerprint density at radius 3 is 2.67 bits per heavy atom. The maximum atomic E-state index is 13.5. The molecular formula is C11H11F2NO. The van der Waals surface area contributed by atoms with E-state index in [-0.39, 0.29) is 5.41 Å². The third-order valence-corrected chi connectivity index (χ3v) is 2.88. The van der Waals surface area contributed by atoms with Gasteiger partial charge in [-0.3, -0.25) is 4.79 Å². The molecule has 15 heavy (non-hydrogen) atoms. The summed E-state index contributed by atoms with van der Waals surface area (Å²) in [5.74, 6) is -1.10. The molecule has 0 saturated heterocycles. The van der Waals surface area contributed by atoms with E-state index in [2.05, 4.69) is 5.32 Å². The van der Waals surface area contributed by atoms with Crippen LogP contribution in [0, 0.1) is 11.6 Å². The summed E-state index contributed by atoms with van der Waals surface area (Å²) in [6.07, 6.45) is 2.26. The number of benzene rings is 1. The highest BCUT2D eigenvalue weighted by atomic mass is 19.1. The fourth-order valence-electron chi connectivity index (χ4n) is 1.85. The molecule has 1 aromatic carbocycles. The fraction of sp³-hybridized carbons (Fsp3) is 0.364. The molecule has 1 amide bonds. The number of amides is 1. The molecule has 0 bridgehead atoms. The van der Waals surface area contributed by atoms with E-state index in [1.165, 1.54) is 12.1 Å². The number of halogens is 2. The summed E-state index contributed by atoms with van der Waals surface area (Å²) in [5, 5.41) is 2.55. The smallest absolute Gasteiger partial charge is 0.207 e. The molecule has 80 valence electrons. The van der Waals surface area contributed by atoms with Crippen molar-refractivity contribution in [1.82, 2.24) is 5.32 Å². The number of hydrogen-bond acceptors (Lipinski definition) is 1. The SMILES string of the molecule is O=CNCC1(c2ccc(F)cc2F)CC1. The van der Waals surface area contributed by atoms with Gasteiger partial charge < -0.3 is 5.32 Å². The van der Waals surface area contributed by atoms with Crippen LogP contribution in [0.3, 0.4) is 0 Å². The lowest BCUT2D eigenvalue weighted by Gasteiger charge is -2.15. The number of nitrogens with one attached hydrogen (secondary N) is 1. The highest BCUT2D eigenvalue weighted by molar-refractivity contribution is 5.47. The lowest BCUT2D eigenvalue weighted by molar-refractivity contribution is -0.109. The largest absolute Gasteiger partial charge is 0.358 e. The summed E-state index contributed by atoms with van der Waals surface area (Å²) < 4.78 is 26.2. The first-order valence-corrected chi connectivity index (χ1v) is 4.80. The predicted molar refractivity (Wildman–Crippen MR) is 51.3 cm³/mol. The molecule has 1 N–H and O–H groups in total. The standard InChI is InChI=1S/C11H11F2NO/c12-8-1-2-9(10(13)5-8)11(3-4-11)6-14-7-15/h1-2,5,7H,3-4,6H2,(H,14,15). The second kappa shape index (κ2) is 3.61. The monoisotopic (exact) mass is 211 g/mol. The van der Waals surface area contributed by atoms with Gasteiger partial charge in [-0.15, -0.1) is 0 Å². The Kier molecular flexibility index (Phi) is 2.42. The van der Waals surface area contributed by atoms with Gasteiger partial charge in [0.1, 0.15) is 11.6 Å². The Hall–Kier alpha value is -1.45. The number of rotatable bonds is 4. The number of hydrogen-bond donors (Lipinski definition) is 1. The minimum absolute atomic E-state index is 0.307. The average molecular weight is 211 g/mol. The Labute approximate surface area is 86.3 Å². The Morgan fingerprint density at radius 1 is 1.40 bits per heavy atom.